The molecule has 0 aliphatic rings. The fourth-order valence-corrected chi connectivity index (χ4v) is 2.32. The molecule has 6 heteroatoms. The quantitative estimate of drug-likeness (QED) is 0.784. The minimum Gasteiger partial charge on any atom is -0.493 e. The van der Waals surface area contributed by atoms with E-state index in [0.29, 0.717) is 11.5 Å². The number of nitrogens with zero attached hydrogens (tertiary/aromatic N) is 3. The van der Waals surface area contributed by atoms with Crippen LogP contribution in [0.5, 0.6) is 11.5 Å². The number of benzene rings is 2. The average Bonchev–Trinajstić information content (AvgIpc) is 3.11. The SMILES string of the molecule is COc1ccc(-c2cn(-c3cccc(CO)c3)nn2)cc1OC. The third-order valence-corrected chi connectivity index (χ3v) is 3.53. The van der Waals surface area contributed by atoms with Gasteiger partial charge in [0.1, 0.15) is 5.69 Å². The van der Waals surface area contributed by atoms with Gasteiger partial charge in [-0.05, 0) is 35.9 Å². The number of rotatable bonds is 5. The van der Waals surface area contributed by atoms with E-state index in [9.17, 15) is 5.11 Å². The third kappa shape index (κ3) is 3.02. The van der Waals surface area contributed by atoms with Crippen molar-refractivity contribution in [3.63, 3.8) is 0 Å². The van der Waals surface area contributed by atoms with Crippen molar-refractivity contribution in [2.75, 3.05) is 14.2 Å². The third-order valence-electron chi connectivity index (χ3n) is 3.53. The molecular weight excluding hydrogens is 294 g/mol. The van der Waals surface area contributed by atoms with Crippen molar-refractivity contribution >= 4 is 0 Å². The molecule has 3 aromatic rings. The van der Waals surface area contributed by atoms with E-state index in [0.717, 1.165) is 22.5 Å². The summed E-state index contributed by atoms with van der Waals surface area (Å²) in [6, 6.07) is 13.1. The van der Waals surface area contributed by atoms with Gasteiger partial charge in [-0.3, -0.25) is 0 Å². The number of aromatic nitrogens is 3. The number of ether oxygens (including phenoxy) is 2. The molecule has 3 rings (SSSR count). The van der Waals surface area contributed by atoms with Crippen LogP contribution in [0.2, 0.25) is 0 Å². The molecule has 0 atom stereocenters. The van der Waals surface area contributed by atoms with Crippen LogP contribution in [0.25, 0.3) is 16.9 Å². The van der Waals surface area contributed by atoms with Gasteiger partial charge in [0.15, 0.2) is 11.5 Å². The predicted molar refractivity (Wildman–Crippen MR) is 85.8 cm³/mol. The molecule has 0 amide bonds. The summed E-state index contributed by atoms with van der Waals surface area (Å²) >= 11 is 0. The van der Waals surface area contributed by atoms with Crippen LogP contribution in [0, 0.1) is 0 Å². The zero-order valence-electron chi connectivity index (χ0n) is 12.9. The van der Waals surface area contributed by atoms with Crippen molar-refractivity contribution in [3.05, 3.63) is 54.2 Å². The molecular formula is C17H17N3O3. The minimum absolute atomic E-state index is 0.00886. The lowest BCUT2D eigenvalue weighted by Gasteiger charge is -2.08. The van der Waals surface area contributed by atoms with Gasteiger partial charge in [-0.2, -0.15) is 0 Å². The first-order chi connectivity index (χ1) is 11.2. The summed E-state index contributed by atoms with van der Waals surface area (Å²) in [5.41, 5.74) is 3.27. The molecule has 0 aliphatic carbocycles. The fraction of sp³-hybridized carbons (Fsp3) is 0.176. The summed E-state index contributed by atoms with van der Waals surface area (Å²) in [4.78, 5) is 0. The van der Waals surface area contributed by atoms with Gasteiger partial charge in [-0.25, -0.2) is 4.68 Å². The highest BCUT2D eigenvalue weighted by Crippen LogP contribution is 2.31. The summed E-state index contributed by atoms with van der Waals surface area (Å²) in [7, 11) is 3.20. The largest absolute Gasteiger partial charge is 0.493 e. The Labute approximate surface area is 133 Å². The maximum Gasteiger partial charge on any atom is 0.161 e. The Balaban J connectivity index is 1.95. The van der Waals surface area contributed by atoms with Gasteiger partial charge in [0.05, 0.1) is 32.7 Å². The van der Waals surface area contributed by atoms with Gasteiger partial charge in [-0.15, -0.1) is 5.10 Å². The molecule has 0 aliphatic heterocycles. The van der Waals surface area contributed by atoms with Gasteiger partial charge < -0.3 is 14.6 Å². The van der Waals surface area contributed by atoms with Crippen LogP contribution in [0.3, 0.4) is 0 Å². The van der Waals surface area contributed by atoms with E-state index < -0.39 is 0 Å². The van der Waals surface area contributed by atoms with E-state index in [4.69, 9.17) is 9.47 Å². The molecule has 0 radical (unpaired) electrons. The van der Waals surface area contributed by atoms with E-state index in [1.54, 1.807) is 18.9 Å². The number of aliphatic hydroxyl groups is 1. The highest BCUT2D eigenvalue weighted by atomic mass is 16.5. The first kappa shape index (κ1) is 15.1. The first-order valence-electron chi connectivity index (χ1n) is 7.10. The number of hydrogen-bond acceptors (Lipinski definition) is 5. The van der Waals surface area contributed by atoms with Crippen LogP contribution >= 0.6 is 0 Å². The molecule has 1 N–H and O–H groups in total. The van der Waals surface area contributed by atoms with Gasteiger partial charge in [0.2, 0.25) is 0 Å². The molecule has 1 heterocycles. The molecule has 6 nitrogen and oxygen atoms in total. The molecule has 2 aromatic carbocycles. The van der Waals surface area contributed by atoms with Crippen LogP contribution in [-0.4, -0.2) is 34.3 Å². The van der Waals surface area contributed by atoms with Gasteiger partial charge in [-0.1, -0.05) is 17.3 Å². The second kappa shape index (κ2) is 6.50. The number of aliphatic hydroxyl groups excluding tert-OH is 1. The van der Waals surface area contributed by atoms with Crippen molar-refractivity contribution in [1.82, 2.24) is 15.0 Å². The van der Waals surface area contributed by atoms with Crippen LogP contribution < -0.4 is 9.47 Å². The average molecular weight is 311 g/mol. The normalized spacial score (nSPS) is 10.6. The molecule has 1 aromatic heterocycles. The van der Waals surface area contributed by atoms with Crippen LogP contribution in [0.4, 0.5) is 0 Å². The Morgan fingerprint density at radius 3 is 2.61 bits per heavy atom. The van der Waals surface area contributed by atoms with Crippen molar-refractivity contribution in [2.24, 2.45) is 0 Å². The van der Waals surface area contributed by atoms with Crippen molar-refractivity contribution in [2.45, 2.75) is 6.61 Å². The molecule has 0 spiro atoms. The van der Waals surface area contributed by atoms with Crippen LogP contribution in [0.1, 0.15) is 5.56 Å². The Morgan fingerprint density at radius 2 is 1.87 bits per heavy atom. The van der Waals surface area contributed by atoms with Gasteiger partial charge in [0, 0.05) is 5.56 Å². The number of hydrogen-bond donors (Lipinski definition) is 1. The maximum atomic E-state index is 9.23. The molecule has 118 valence electrons. The smallest absolute Gasteiger partial charge is 0.161 e. The minimum atomic E-state index is -0.00886. The van der Waals surface area contributed by atoms with E-state index >= 15 is 0 Å². The van der Waals surface area contributed by atoms with E-state index in [1.807, 2.05) is 48.7 Å². The van der Waals surface area contributed by atoms with E-state index in [-0.39, 0.29) is 6.61 Å². The fourth-order valence-electron chi connectivity index (χ4n) is 2.32. The Kier molecular flexibility index (Phi) is 4.25. The lowest BCUT2D eigenvalue weighted by atomic mass is 10.1. The predicted octanol–water partition coefficient (Wildman–Crippen LogP) is 2.44. The maximum absolute atomic E-state index is 9.23. The molecule has 0 saturated heterocycles. The Hall–Kier alpha value is -2.86. The standard InChI is InChI=1S/C17H17N3O3/c1-22-16-7-6-13(9-17(16)23-2)15-10-20(19-18-15)14-5-3-4-12(8-14)11-21/h3-10,21H,11H2,1-2H3. The summed E-state index contributed by atoms with van der Waals surface area (Å²) in [6.45, 7) is -0.00886. The summed E-state index contributed by atoms with van der Waals surface area (Å²) in [6.07, 6.45) is 1.83. The van der Waals surface area contributed by atoms with Crippen molar-refractivity contribution in [3.8, 4) is 28.4 Å². The zero-order chi connectivity index (χ0) is 16.2. The number of methoxy groups -OCH3 is 2. The van der Waals surface area contributed by atoms with Gasteiger partial charge in [0.25, 0.3) is 0 Å². The molecule has 0 fully saturated rings. The van der Waals surface area contributed by atoms with E-state index in [1.165, 1.54) is 0 Å². The lowest BCUT2D eigenvalue weighted by molar-refractivity contribution is 0.282. The van der Waals surface area contributed by atoms with Crippen LogP contribution in [0.15, 0.2) is 48.7 Å². The molecule has 0 unspecified atom stereocenters. The summed E-state index contributed by atoms with van der Waals surface area (Å²) in [5, 5.41) is 17.6. The second-order valence-electron chi connectivity index (χ2n) is 4.95. The zero-order valence-corrected chi connectivity index (χ0v) is 12.9. The van der Waals surface area contributed by atoms with Crippen molar-refractivity contribution in [1.29, 1.82) is 0 Å². The second-order valence-corrected chi connectivity index (χ2v) is 4.95. The summed E-state index contributed by atoms with van der Waals surface area (Å²) in [5.74, 6) is 1.31. The monoisotopic (exact) mass is 311 g/mol. The summed E-state index contributed by atoms with van der Waals surface area (Å²) < 4.78 is 12.2. The first-order valence-corrected chi connectivity index (χ1v) is 7.10. The Morgan fingerprint density at radius 1 is 1.04 bits per heavy atom. The molecule has 0 bridgehead atoms. The highest BCUT2D eigenvalue weighted by molar-refractivity contribution is 5.63. The van der Waals surface area contributed by atoms with E-state index in [2.05, 4.69) is 10.3 Å². The van der Waals surface area contributed by atoms with Gasteiger partial charge >= 0.3 is 0 Å². The highest BCUT2D eigenvalue weighted by Gasteiger charge is 2.10. The van der Waals surface area contributed by atoms with Crippen LogP contribution in [-0.2, 0) is 6.61 Å². The molecule has 0 saturated carbocycles. The topological polar surface area (TPSA) is 69.4 Å². The lowest BCUT2D eigenvalue weighted by Crippen LogP contribution is -1.96. The van der Waals surface area contributed by atoms with Crippen molar-refractivity contribution < 1.29 is 14.6 Å². The molecule has 23 heavy (non-hydrogen) atoms. The Bertz CT molecular complexity index is 814.